The van der Waals surface area contributed by atoms with E-state index in [4.69, 9.17) is 0 Å². The highest BCUT2D eigenvalue weighted by Crippen LogP contribution is 2.28. The molecular weight excluding hydrogens is 233 g/mol. The Balaban J connectivity index is 2.22. The number of rotatable bonds is 5. The van der Waals surface area contributed by atoms with E-state index < -0.39 is 5.82 Å². The highest BCUT2D eigenvalue weighted by Gasteiger charge is 2.31. The van der Waals surface area contributed by atoms with Gasteiger partial charge < -0.3 is 10.2 Å². The van der Waals surface area contributed by atoms with Gasteiger partial charge in [-0.1, -0.05) is 6.92 Å². The van der Waals surface area contributed by atoms with Crippen LogP contribution in [0, 0.1) is 5.82 Å². The molecule has 1 aromatic heterocycles. The third-order valence-electron chi connectivity index (χ3n) is 3.04. The second-order valence-corrected chi connectivity index (χ2v) is 4.62. The highest BCUT2D eigenvalue weighted by atomic mass is 19.1. The number of nitrogens with one attached hydrogen (secondary N) is 1. The van der Waals surface area contributed by atoms with E-state index in [1.54, 1.807) is 11.9 Å². The third kappa shape index (κ3) is 2.78. The van der Waals surface area contributed by atoms with Gasteiger partial charge in [-0.25, -0.2) is 9.37 Å². The summed E-state index contributed by atoms with van der Waals surface area (Å²) < 4.78 is 13.2. The number of pyridine rings is 1. The molecule has 1 saturated carbocycles. The number of halogens is 1. The smallest absolute Gasteiger partial charge is 0.257 e. The average Bonchev–Trinajstić information content (AvgIpc) is 3.19. The van der Waals surface area contributed by atoms with Crippen LogP contribution >= 0.6 is 0 Å². The predicted molar refractivity (Wildman–Crippen MR) is 68.1 cm³/mol. The van der Waals surface area contributed by atoms with Crippen LogP contribution in [0.15, 0.2) is 12.3 Å². The van der Waals surface area contributed by atoms with Gasteiger partial charge >= 0.3 is 0 Å². The molecule has 0 radical (unpaired) electrons. The largest absolute Gasteiger partial charge is 0.369 e. The Bertz CT molecular complexity index is 446. The first-order chi connectivity index (χ1) is 8.63. The topological polar surface area (TPSA) is 45.2 Å². The molecule has 1 N–H and O–H groups in total. The molecular formula is C13H18FN3O. The molecule has 1 aromatic rings. The van der Waals surface area contributed by atoms with E-state index in [-0.39, 0.29) is 5.91 Å². The van der Waals surface area contributed by atoms with Crippen LogP contribution in [-0.2, 0) is 0 Å². The van der Waals surface area contributed by atoms with E-state index in [1.807, 2.05) is 6.92 Å². The summed E-state index contributed by atoms with van der Waals surface area (Å²) in [5.74, 6) is -0.177. The minimum Gasteiger partial charge on any atom is -0.369 e. The molecule has 2 rings (SSSR count). The van der Waals surface area contributed by atoms with Crippen molar-refractivity contribution in [1.82, 2.24) is 9.88 Å². The molecule has 4 nitrogen and oxygen atoms in total. The Morgan fingerprint density at radius 3 is 2.94 bits per heavy atom. The standard InChI is InChI=1S/C13H18FN3O/c1-3-6-15-12-11(7-9(14)8-16-12)13(18)17(2)10-4-5-10/h7-8,10H,3-6H2,1-2H3,(H,15,16). The predicted octanol–water partition coefficient (Wildman–Crippen LogP) is 2.28. The summed E-state index contributed by atoms with van der Waals surface area (Å²) in [6, 6.07) is 1.56. The van der Waals surface area contributed by atoms with E-state index in [1.165, 1.54) is 6.07 Å². The minimum absolute atomic E-state index is 0.164. The Hall–Kier alpha value is -1.65. The van der Waals surface area contributed by atoms with Gasteiger partial charge in [0.2, 0.25) is 0 Å². The van der Waals surface area contributed by atoms with Gasteiger partial charge in [-0.2, -0.15) is 0 Å². The highest BCUT2D eigenvalue weighted by molar-refractivity contribution is 5.98. The molecule has 1 amide bonds. The van der Waals surface area contributed by atoms with E-state index >= 15 is 0 Å². The fourth-order valence-corrected chi connectivity index (χ4v) is 1.80. The van der Waals surface area contributed by atoms with Gasteiger partial charge in [0, 0.05) is 19.6 Å². The van der Waals surface area contributed by atoms with Crippen molar-refractivity contribution in [3.8, 4) is 0 Å². The molecule has 0 unspecified atom stereocenters. The Labute approximate surface area is 106 Å². The van der Waals surface area contributed by atoms with Crippen LogP contribution in [-0.4, -0.2) is 35.4 Å². The molecule has 0 spiro atoms. The van der Waals surface area contributed by atoms with Crippen LogP contribution in [0.4, 0.5) is 10.2 Å². The molecule has 0 atom stereocenters. The Kier molecular flexibility index (Phi) is 3.79. The lowest BCUT2D eigenvalue weighted by Crippen LogP contribution is -2.29. The zero-order valence-electron chi connectivity index (χ0n) is 10.7. The first kappa shape index (κ1) is 12.8. The molecule has 1 aliphatic rings. The summed E-state index contributed by atoms with van der Waals surface area (Å²) in [7, 11) is 1.76. The van der Waals surface area contributed by atoms with Crippen molar-refractivity contribution >= 4 is 11.7 Å². The van der Waals surface area contributed by atoms with Gasteiger partial charge in [0.25, 0.3) is 5.91 Å². The minimum atomic E-state index is -0.482. The monoisotopic (exact) mass is 251 g/mol. The number of carbonyl (C=O) groups excluding carboxylic acids is 1. The molecule has 0 saturated heterocycles. The second-order valence-electron chi connectivity index (χ2n) is 4.62. The normalized spacial score (nSPS) is 14.4. The lowest BCUT2D eigenvalue weighted by molar-refractivity contribution is 0.0785. The van der Waals surface area contributed by atoms with E-state index in [0.717, 1.165) is 25.5 Å². The summed E-state index contributed by atoms with van der Waals surface area (Å²) in [5.41, 5.74) is 0.317. The zero-order valence-corrected chi connectivity index (χ0v) is 10.7. The van der Waals surface area contributed by atoms with Crippen LogP contribution in [0.1, 0.15) is 36.5 Å². The summed E-state index contributed by atoms with van der Waals surface area (Å²) in [6.45, 7) is 2.74. The summed E-state index contributed by atoms with van der Waals surface area (Å²) >= 11 is 0. The van der Waals surface area contributed by atoms with Gasteiger partial charge in [-0.3, -0.25) is 4.79 Å². The number of hydrogen-bond donors (Lipinski definition) is 1. The maximum atomic E-state index is 13.2. The Morgan fingerprint density at radius 2 is 2.33 bits per heavy atom. The molecule has 98 valence electrons. The van der Waals surface area contributed by atoms with Crippen molar-refractivity contribution in [2.45, 2.75) is 32.2 Å². The molecule has 18 heavy (non-hydrogen) atoms. The number of nitrogens with zero attached hydrogens (tertiary/aromatic N) is 2. The van der Waals surface area contributed by atoms with Gasteiger partial charge in [0.05, 0.1) is 11.8 Å². The SMILES string of the molecule is CCCNc1ncc(F)cc1C(=O)N(C)C1CC1. The van der Waals surface area contributed by atoms with Crippen LogP contribution < -0.4 is 5.32 Å². The number of amides is 1. The first-order valence-corrected chi connectivity index (χ1v) is 6.30. The number of anilines is 1. The van der Waals surface area contributed by atoms with E-state index in [0.29, 0.717) is 24.0 Å². The molecule has 0 aromatic carbocycles. The Morgan fingerprint density at radius 1 is 1.61 bits per heavy atom. The quantitative estimate of drug-likeness (QED) is 0.873. The second kappa shape index (κ2) is 5.33. The van der Waals surface area contributed by atoms with Crippen LogP contribution in [0.2, 0.25) is 0 Å². The fourth-order valence-electron chi connectivity index (χ4n) is 1.80. The summed E-state index contributed by atoms with van der Waals surface area (Å²) in [4.78, 5) is 17.9. The summed E-state index contributed by atoms with van der Waals surface area (Å²) in [5, 5.41) is 3.06. The number of aromatic nitrogens is 1. The summed E-state index contributed by atoms with van der Waals surface area (Å²) in [6.07, 6.45) is 4.11. The number of hydrogen-bond acceptors (Lipinski definition) is 3. The van der Waals surface area contributed by atoms with E-state index in [9.17, 15) is 9.18 Å². The third-order valence-corrected chi connectivity index (χ3v) is 3.04. The van der Waals surface area contributed by atoms with Crippen molar-refractivity contribution in [1.29, 1.82) is 0 Å². The van der Waals surface area contributed by atoms with E-state index in [2.05, 4.69) is 10.3 Å². The van der Waals surface area contributed by atoms with Crippen LogP contribution in [0.25, 0.3) is 0 Å². The van der Waals surface area contributed by atoms with Gasteiger partial charge in [-0.15, -0.1) is 0 Å². The van der Waals surface area contributed by atoms with Crippen molar-refractivity contribution < 1.29 is 9.18 Å². The lowest BCUT2D eigenvalue weighted by Gasteiger charge is -2.18. The van der Waals surface area contributed by atoms with Crippen molar-refractivity contribution in [2.24, 2.45) is 0 Å². The molecule has 1 aliphatic carbocycles. The first-order valence-electron chi connectivity index (χ1n) is 6.30. The van der Waals surface area contributed by atoms with Gasteiger partial charge in [0.15, 0.2) is 0 Å². The molecule has 1 fully saturated rings. The van der Waals surface area contributed by atoms with Crippen LogP contribution in [0.5, 0.6) is 0 Å². The molecule has 5 heteroatoms. The van der Waals surface area contributed by atoms with Crippen LogP contribution in [0.3, 0.4) is 0 Å². The molecule has 0 bridgehead atoms. The zero-order chi connectivity index (χ0) is 13.1. The van der Waals surface area contributed by atoms with Crippen molar-refractivity contribution in [2.75, 3.05) is 18.9 Å². The van der Waals surface area contributed by atoms with Gasteiger partial charge in [-0.05, 0) is 25.3 Å². The van der Waals surface area contributed by atoms with Crippen molar-refractivity contribution in [3.63, 3.8) is 0 Å². The molecule has 0 aliphatic heterocycles. The fraction of sp³-hybridized carbons (Fsp3) is 0.538. The molecule has 1 heterocycles. The lowest BCUT2D eigenvalue weighted by atomic mass is 10.2. The van der Waals surface area contributed by atoms with Gasteiger partial charge in [0.1, 0.15) is 11.6 Å². The average molecular weight is 251 g/mol. The van der Waals surface area contributed by atoms with Crippen molar-refractivity contribution in [3.05, 3.63) is 23.6 Å². The maximum Gasteiger partial charge on any atom is 0.257 e. The maximum absolute atomic E-state index is 13.2. The number of carbonyl (C=O) groups is 1.